The first kappa shape index (κ1) is 15.2. The van der Waals surface area contributed by atoms with Gasteiger partial charge in [-0.2, -0.15) is 0 Å². The van der Waals surface area contributed by atoms with Crippen LogP contribution in [0.2, 0.25) is 0 Å². The Morgan fingerprint density at radius 1 is 1.39 bits per heavy atom. The maximum absolute atomic E-state index is 12.2. The van der Waals surface area contributed by atoms with Gasteiger partial charge in [-0.1, -0.05) is 29.5 Å². The van der Waals surface area contributed by atoms with E-state index in [9.17, 15) is 9.59 Å². The molecule has 23 heavy (non-hydrogen) atoms. The second-order valence-electron chi connectivity index (χ2n) is 5.82. The van der Waals surface area contributed by atoms with E-state index in [1.165, 1.54) is 22.0 Å². The van der Waals surface area contributed by atoms with Crippen LogP contribution in [0, 0.1) is 12.8 Å². The number of carboxylic acids is 1. The van der Waals surface area contributed by atoms with Gasteiger partial charge in [-0.25, -0.2) is 4.68 Å². The molecule has 0 aliphatic heterocycles. The molecule has 1 heterocycles. The second kappa shape index (κ2) is 6.20. The van der Waals surface area contributed by atoms with Crippen molar-refractivity contribution in [2.45, 2.75) is 32.4 Å². The highest BCUT2D eigenvalue weighted by atomic mass is 16.4. The molecule has 1 aliphatic rings. The molecule has 2 N–H and O–H groups in total. The van der Waals surface area contributed by atoms with E-state index in [0.29, 0.717) is 11.6 Å². The molecule has 0 bridgehead atoms. The van der Waals surface area contributed by atoms with Crippen molar-refractivity contribution in [3.63, 3.8) is 0 Å². The molecule has 0 saturated heterocycles. The summed E-state index contributed by atoms with van der Waals surface area (Å²) in [5, 5.41) is 19.1. The SMILES string of the molecule is Cc1ccccc1C1CC1C(=O)NCc1cn(CC(=O)O)nn1. The van der Waals surface area contributed by atoms with Crippen LogP contribution in [0.4, 0.5) is 0 Å². The fraction of sp³-hybridized carbons (Fsp3) is 0.375. The average molecular weight is 314 g/mol. The smallest absolute Gasteiger partial charge is 0.325 e. The molecule has 2 atom stereocenters. The van der Waals surface area contributed by atoms with Gasteiger partial charge in [-0.3, -0.25) is 9.59 Å². The lowest BCUT2D eigenvalue weighted by Gasteiger charge is -2.05. The van der Waals surface area contributed by atoms with Crippen LogP contribution in [0.15, 0.2) is 30.5 Å². The summed E-state index contributed by atoms with van der Waals surface area (Å²) >= 11 is 0. The van der Waals surface area contributed by atoms with E-state index in [4.69, 9.17) is 5.11 Å². The Hall–Kier alpha value is -2.70. The summed E-state index contributed by atoms with van der Waals surface area (Å²) < 4.78 is 1.23. The third-order valence-electron chi connectivity index (χ3n) is 4.04. The number of carbonyl (C=O) groups excluding carboxylic acids is 1. The molecule has 1 aromatic carbocycles. The van der Waals surface area contributed by atoms with Crippen LogP contribution in [0.5, 0.6) is 0 Å². The Balaban J connectivity index is 1.52. The topological polar surface area (TPSA) is 97.1 Å². The Morgan fingerprint density at radius 2 is 2.17 bits per heavy atom. The molecule has 1 fully saturated rings. The number of nitrogens with one attached hydrogen (secondary N) is 1. The van der Waals surface area contributed by atoms with Gasteiger partial charge in [0.25, 0.3) is 0 Å². The van der Waals surface area contributed by atoms with Crippen LogP contribution in [-0.4, -0.2) is 32.0 Å². The molecule has 1 saturated carbocycles. The molecule has 2 unspecified atom stereocenters. The fourth-order valence-electron chi connectivity index (χ4n) is 2.78. The summed E-state index contributed by atoms with van der Waals surface area (Å²) in [6.07, 6.45) is 2.39. The maximum Gasteiger partial charge on any atom is 0.325 e. The minimum absolute atomic E-state index is 0.00478. The van der Waals surface area contributed by atoms with Gasteiger partial charge in [0.05, 0.1) is 12.7 Å². The van der Waals surface area contributed by atoms with Gasteiger partial charge in [0, 0.05) is 5.92 Å². The summed E-state index contributed by atoms with van der Waals surface area (Å²) in [6.45, 7) is 2.08. The standard InChI is InChI=1S/C16H18N4O3/c1-10-4-2-3-5-12(10)13-6-14(13)16(23)17-7-11-8-20(19-18-11)9-15(21)22/h2-5,8,13-14H,6-7,9H2,1H3,(H,17,23)(H,21,22). The molecule has 1 amide bonds. The Morgan fingerprint density at radius 3 is 2.91 bits per heavy atom. The van der Waals surface area contributed by atoms with Gasteiger partial charge in [-0.05, 0) is 30.4 Å². The van der Waals surface area contributed by atoms with Crippen molar-refractivity contribution in [3.05, 3.63) is 47.3 Å². The van der Waals surface area contributed by atoms with Crippen molar-refractivity contribution in [3.8, 4) is 0 Å². The number of aromatic nitrogens is 3. The lowest BCUT2D eigenvalue weighted by molar-refractivity contribution is -0.138. The number of benzene rings is 1. The normalized spacial score (nSPS) is 19.3. The number of carboxylic acid groups (broad SMARTS) is 1. The minimum Gasteiger partial charge on any atom is -0.480 e. The molecular formula is C16H18N4O3. The molecule has 2 aromatic rings. The number of rotatable bonds is 6. The van der Waals surface area contributed by atoms with Crippen molar-refractivity contribution in [2.24, 2.45) is 5.92 Å². The zero-order chi connectivity index (χ0) is 16.4. The number of aliphatic carboxylic acids is 1. The molecule has 7 heteroatoms. The van der Waals surface area contributed by atoms with E-state index in [-0.39, 0.29) is 24.9 Å². The van der Waals surface area contributed by atoms with Crippen molar-refractivity contribution in [1.29, 1.82) is 0 Å². The van der Waals surface area contributed by atoms with Crippen molar-refractivity contribution in [2.75, 3.05) is 0 Å². The highest BCUT2D eigenvalue weighted by Crippen LogP contribution is 2.48. The summed E-state index contributed by atoms with van der Waals surface area (Å²) in [7, 11) is 0. The number of aryl methyl sites for hydroxylation is 1. The first-order valence-electron chi connectivity index (χ1n) is 7.48. The highest BCUT2D eigenvalue weighted by Gasteiger charge is 2.44. The van der Waals surface area contributed by atoms with Gasteiger partial charge >= 0.3 is 5.97 Å². The predicted molar refractivity (Wildman–Crippen MR) is 81.5 cm³/mol. The lowest BCUT2D eigenvalue weighted by Crippen LogP contribution is -2.25. The van der Waals surface area contributed by atoms with Crippen LogP contribution in [0.3, 0.4) is 0 Å². The Bertz CT molecular complexity index is 740. The molecule has 1 aromatic heterocycles. The van der Waals surface area contributed by atoms with Gasteiger partial charge in [0.2, 0.25) is 5.91 Å². The van der Waals surface area contributed by atoms with E-state index in [0.717, 1.165) is 6.42 Å². The number of nitrogens with zero attached hydrogens (tertiary/aromatic N) is 3. The minimum atomic E-state index is -0.982. The van der Waals surface area contributed by atoms with Crippen LogP contribution in [-0.2, 0) is 22.7 Å². The number of carbonyl (C=O) groups is 2. The summed E-state index contributed by atoms with van der Waals surface area (Å²) in [6, 6.07) is 8.13. The summed E-state index contributed by atoms with van der Waals surface area (Å²) in [5.74, 6) is -0.681. The number of amides is 1. The molecule has 3 rings (SSSR count). The number of hydrogen-bond acceptors (Lipinski definition) is 4. The number of hydrogen-bond donors (Lipinski definition) is 2. The average Bonchev–Trinajstić information content (AvgIpc) is 3.18. The van der Waals surface area contributed by atoms with Gasteiger partial charge in [0.1, 0.15) is 12.2 Å². The third-order valence-corrected chi connectivity index (χ3v) is 4.04. The quantitative estimate of drug-likeness (QED) is 0.832. The monoisotopic (exact) mass is 314 g/mol. The van der Waals surface area contributed by atoms with E-state index in [1.807, 2.05) is 12.1 Å². The van der Waals surface area contributed by atoms with Gasteiger partial charge in [-0.15, -0.1) is 5.10 Å². The lowest BCUT2D eigenvalue weighted by atomic mass is 10.0. The van der Waals surface area contributed by atoms with Gasteiger partial charge < -0.3 is 10.4 Å². The Kier molecular flexibility index (Phi) is 4.10. The van der Waals surface area contributed by atoms with Crippen molar-refractivity contribution < 1.29 is 14.7 Å². The molecule has 0 spiro atoms. The van der Waals surface area contributed by atoms with E-state index >= 15 is 0 Å². The highest BCUT2D eigenvalue weighted by molar-refractivity contribution is 5.82. The van der Waals surface area contributed by atoms with Crippen LogP contribution in [0.1, 0.15) is 29.2 Å². The molecule has 0 radical (unpaired) electrons. The zero-order valence-electron chi connectivity index (χ0n) is 12.8. The molecule has 7 nitrogen and oxygen atoms in total. The van der Waals surface area contributed by atoms with Crippen LogP contribution >= 0.6 is 0 Å². The van der Waals surface area contributed by atoms with Crippen LogP contribution < -0.4 is 5.32 Å². The molecule has 1 aliphatic carbocycles. The molecule has 120 valence electrons. The van der Waals surface area contributed by atoms with Crippen molar-refractivity contribution >= 4 is 11.9 Å². The second-order valence-corrected chi connectivity index (χ2v) is 5.82. The maximum atomic E-state index is 12.2. The summed E-state index contributed by atoms with van der Waals surface area (Å²) in [5.41, 5.74) is 3.00. The van der Waals surface area contributed by atoms with E-state index < -0.39 is 5.97 Å². The van der Waals surface area contributed by atoms with E-state index in [2.05, 4.69) is 34.7 Å². The summed E-state index contributed by atoms with van der Waals surface area (Å²) in [4.78, 5) is 22.8. The first-order chi connectivity index (χ1) is 11.0. The van der Waals surface area contributed by atoms with Crippen molar-refractivity contribution in [1.82, 2.24) is 20.3 Å². The first-order valence-corrected chi connectivity index (χ1v) is 7.48. The predicted octanol–water partition coefficient (Wildman–Crippen LogP) is 1.09. The zero-order valence-corrected chi connectivity index (χ0v) is 12.8. The molecular weight excluding hydrogens is 296 g/mol. The fourth-order valence-corrected chi connectivity index (χ4v) is 2.78. The Labute approximate surface area is 133 Å². The third kappa shape index (κ3) is 3.56. The van der Waals surface area contributed by atoms with E-state index in [1.54, 1.807) is 0 Å². The van der Waals surface area contributed by atoms with Crippen LogP contribution in [0.25, 0.3) is 0 Å². The van der Waals surface area contributed by atoms with Gasteiger partial charge in [0.15, 0.2) is 0 Å². The largest absolute Gasteiger partial charge is 0.480 e.